The Labute approximate surface area is 195 Å². The quantitative estimate of drug-likeness (QED) is 0.285. The molecule has 2 aliphatic carbocycles. The van der Waals surface area contributed by atoms with Crippen LogP contribution in [-0.2, 0) is 6.42 Å². The highest BCUT2D eigenvalue weighted by Crippen LogP contribution is 2.42. The van der Waals surface area contributed by atoms with E-state index in [1.807, 2.05) is 13.0 Å². The largest absolute Gasteiger partial charge is 0.432 e. The fourth-order valence-corrected chi connectivity index (χ4v) is 4.94. The van der Waals surface area contributed by atoms with Crippen molar-refractivity contribution < 1.29 is 31.1 Å². The van der Waals surface area contributed by atoms with Crippen molar-refractivity contribution in [1.82, 2.24) is 0 Å². The highest BCUT2D eigenvalue weighted by atomic mass is 19.3. The maximum Gasteiger partial charge on any atom is 0.400 e. The molecular formula is C27H26F6O. The third kappa shape index (κ3) is 5.18. The summed E-state index contributed by atoms with van der Waals surface area (Å²) in [6, 6.07) is 3.41. The smallest absolute Gasteiger partial charge is 0.400 e. The lowest BCUT2D eigenvalue weighted by molar-refractivity contribution is -0.223. The summed E-state index contributed by atoms with van der Waals surface area (Å²) in [5, 5.41) is 0. The van der Waals surface area contributed by atoms with E-state index in [-0.39, 0.29) is 24.8 Å². The maximum atomic E-state index is 14.8. The van der Waals surface area contributed by atoms with Crippen molar-refractivity contribution in [2.75, 3.05) is 0 Å². The number of hydrogen-bond donors (Lipinski definition) is 0. The Hall–Kier alpha value is -2.70. The molecule has 1 nitrogen and oxygen atoms in total. The van der Waals surface area contributed by atoms with Crippen molar-refractivity contribution in [1.29, 1.82) is 0 Å². The van der Waals surface area contributed by atoms with Crippen molar-refractivity contribution >= 4 is 11.6 Å². The van der Waals surface area contributed by atoms with Gasteiger partial charge in [0.25, 0.3) is 0 Å². The second kappa shape index (κ2) is 9.88. The number of ether oxygens (including phenoxy) is 1. The summed E-state index contributed by atoms with van der Waals surface area (Å²) in [5.41, 5.74) is 0.459. The molecule has 0 atom stereocenters. The minimum atomic E-state index is -3.55. The van der Waals surface area contributed by atoms with Crippen molar-refractivity contribution in [2.24, 2.45) is 11.8 Å². The van der Waals surface area contributed by atoms with Gasteiger partial charge in [0.1, 0.15) is 17.4 Å². The number of benzene rings is 2. The van der Waals surface area contributed by atoms with Gasteiger partial charge in [0.05, 0.1) is 5.92 Å². The molecule has 2 aromatic carbocycles. The highest BCUT2D eigenvalue weighted by molar-refractivity contribution is 5.89. The topological polar surface area (TPSA) is 9.23 Å². The first-order chi connectivity index (χ1) is 16.2. The van der Waals surface area contributed by atoms with E-state index in [0.717, 1.165) is 37.1 Å². The van der Waals surface area contributed by atoms with Crippen molar-refractivity contribution in [3.63, 3.8) is 0 Å². The van der Waals surface area contributed by atoms with E-state index in [2.05, 4.69) is 6.08 Å². The average Bonchev–Trinajstić information content (AvgIpc) is 3.15. The first-order valence-corrected chi connectivity index (χ1v) is 11.5. The maximum absolute atomic E-state index is 14.8. The third-order valence-corrected chi connectivity index (χ3v) is 6.78. The lowest BCUT2D eigenvalue weighted by atomic mass is 9.79. The van der Waals surface area contributed by atoms with Gasteiger partial charge in [0.2, 0.25) is 0 Å². The van der Waals surface area contributed by atoms with Crippen molar-refractivity contribution in [2.45, 2.75) is 58.0 Å². The van der Waals surface area contributed by atoms with E-state index in [4.69, 9.17) is 4.74 Å². The molecule has 0 N–H and O–H groups in total. The molecule has 7 heteroatoms. The Morgan fingerprint density at radius 1 is 0.912 bits per heavy atom. The molecule has 2 aliphatic rings. The summed E-state index contributed by atoms with van der Waals surface area (Å²) in [6.45, 7) is 1.94. The Morgan fingerprint density at radius 3 is 2.21 bits per heavy atom. The van der Waals surface area contributed by atoms with Gasteiger partial charge < -0.3 is 4.74 Å². The van der Waals surface area contributed by atoms with Gasteiger partial charge in [-0.2, -0.15) is 8.78 Å². The van der Waals surface area contributed by atoms with Crippen LogP contribution in [0.4, 0.5) is 26.3 Å². The minimum Gasteiger partial charge on any atom is -0.432 e. The fraction of sp³-hybridized carbons (Fsp3) is 0.407. The first kappa shape index (κ1) is 24.4. The molecule has 0 saturated heterocycles. The molecule has 1 fully saturated rings. The predicted octanol–water partition coefficient (Wildman–Crippen LogP) is 8.47. The summed E-state index contributed by atoms with van der Waals surface area (Å²) < 4.78 is 90.9. The molecule has 0 unspecified atom stereocenters. The van der Waals surface area contributed by atoms with Gasteiger partial charge in [-0.15, -0.1) is 0 Å². The van der Waals surface area contributed by atoms with Crippen LogP contribution in [0.1, 0.15) is 62.1 Å². The van der Waals surface area contributed by atoms with Gasteiger partial charge in [0.15, 0.2) is 11.6 Å². The third-order valence-electron chi connectivity index (χ3n) is 6.78. The van der Waals surface area contributed by atoms with Gasteiger partial charge >= 0.3 is 6.11 Å². The molecule has 4 rings (SSSR count). The van der Waals surface area contributed by atoms with Gasteiger partial charge in [-0.05, 0) is 86.6 Å². The molecule has 0 bridgehead atoms. The summed E-state index contributed by atoms with van der Waals surface area (Å²) >= 11 is 0. The van der Waals surface area contributed by atoms with E-state index in [0.29, 0.717) is 29.9 Å². The average molecular weight is 480 g/mol. The van der Waals surface area contributed by atoms with Crippen LogP contribution in [0.3, 0.4) is 0 Å². The molecular weight excluding hydrogens is 454 g/mol. The van der Waals surface area contributed by atoms with E-state index in [1.54, 1.807) is 0 Å². The van der Waals surface area contributed by atoms with E-state index < -0.39 is 46.6 Å². The van der Waals surface area contributed by atoms with Crippen LogP contribution in [0.5, 0.6) is 5.75 Å². The lowest BCUT2D eigenvalue weighted by Crippen LogP contribution is -2.37. The summed E-state index contributed by atoms with van der Waals surface area (Å²) in [5.74, 6) is -5.47. The highest BCUT2D eigenvalue weighted by Gasteiger charge is 2.44. The lowest BCUT2D eigenvalue weighted by Gasteiger charge is -2.33. The van der Waals surface area contributed by atoms with Gasteiger partial charge in [-0.1, -0.05) is 18.2 Å². The Balaban J connectivity index is 1.45. The second-order valence-electron chi connectivity index (χ2n) is 9.10. The molecule has 0 heterocycles. The minimum absolute atomic E-state index is 0.00593. The normalized spacial score (nSPS) is 20.5. The molecule has 1 saturated carbocycles. The number of hydrogen-bond acceptors (Lipinski definition) is 1. The number of allylic oxidation sites excluding steroid dienone is 3. The zero-order valence-corrected chi connectivity index (χ0v) is 18.8. The molecule has 182 valence electrons. The predicted molar refractivity (Wildman–Crippen MR) is 119 cm³/mol. The van der Waals surface area contributed by atoms with Crippen LogP contribution in [0.15, 0.2) is 36.4 Å². The number of fused-ring (bicyclic) bond motifs is 1. The van der Waals surface area contributed by atoms with Gasteiger partial charge in [0, 0.05) is 17.7 Å². The number of alkyl halides is 2. The molecule has 2 aromatic rings. The van der Waals surface area contributed by atoms with Gasteiger partial charge in [-0.25, -0.2) is 17.6 Å². The van der Waals surface area contributed by atoms with Crippen LogP contribution < -0.4 is 4.74 Å². The number of rotatable bonds is 7. The molecule has 0 aromatic heterocycles. The Morgan fingerprint density at radius 2 is 1.56 bits per heavy atom. The Bertz CT molecular complexity index is 1090. The SMILES string of the molecule is C/C=C/CCC1CCC(C(F)(F)Oc2cc(F)c(C3=Cc4cc(F)c(F)cc4C3)c(F)c2)CC1. The number of halogens is 6. The standard InChI is InChI=1S/C27H26F6O/c1-2-3-4-5-16-6-8-20(9-7-16)27(32,33)34-21-14-24(30)26(25(31)15-21)19-10-17-12-22(28)23(29)13-18(17)11-19/h2-3,10,12-16,20H,4-9,11H2,1H3/b3-2+. The van der Waals surface area contributed by atoms with Gasteiger partial charge in [-0.3, -0.25) is 0 Å². The molecule has 0 amide bonds. The molecule has 0 aliphatic heterocycles. The summed E-state index contributed by atoms with van der Waals surface area (Å²) in [7, 11) is 0. The van der Waals surface area contributed by atoms with E-state index in [1.165, 1.54) is 6.08 Å². The molecule has 0 spiro atoms. The van der Waals surface area contributed by atoms with Crippen LogP contribution in [0.25, 0.3) is 11.6 Å². The zero-order valence-electron chi connectivity index (χ0n) is 18.8. The first-order valence-electron chi connectivity index (χ1n) is 11.5. The van der Waals surface area contributed by atoms with Crippen LogP contribution in [-0.4, -0.2) is 6.11 Å². The van der Waals surface area contributed by atoms with Crippen LogP contribution in [0.2, 0.25) is 0 Å². The monoisotopic (exact) mass is 480 g/mol. The second-order valence-corrected chi connectivity index (χ2v) is 9.10. The van der Waals surface area contributed by atoms with Crippen molar-refractivity contribution in [3.8, 4) is 5.75 Å². The molecule has 34 heavy (non-hydrogen) atoms. The fourth-order valence-electron chi connectivity index (χ4n) is 4.94. The Kier molecular flexibility index (Phi) is 7.10. The zero-order chi connectivity index (χ0) is 24.5. The van der Waals surface area contributed by atoms with E-state index >= 15 is 0 Å². The summed E-state index contributed by atoms with van der Waals surface area (Å²) in [4.78, 5) is 0. The molecule has 0 radical (unpaired) electrons. The summed E-state index contributed by atoms with van der Waals surface area (Å²) in [6.07, 6.45) is 5.63. The van der Waals surface area contributed by atoms with Crippen molar-refractivity contribution in [3.05, 3.63) is 76.4 Å². The van der Waals surface area contributed by atoms with Crippen LogP contribution >= 0.6 is 0 Å². The van der Waals surface area contributed by atoms with E-state index in [9.17, 15) is 26.3 Å². The van der Waals surface area contributed by atoms with Crippen LogP contribution in [0, 0.1) is 35.1 Å².